The van der Waals surface area contributed by atoms with E-state index in [4.69, 9.17) is 14.7 Å². The Morgan fingerprint density at radius 2 is 2.25 bits per heavy atom. The molecular weight excluding hydrogens is 206 g/mol. The third-order valence-corrected chi connectivity index (χ3v) is 1.97. The molecular formula is C11H15N3O2. The van der Waals surface area contributed by atoms with Gasteiger partial charge in [-0.15, -0.1) is 0 Å². The van der Waals surface area contributed by atoms with Crippen LogP contribution in [0.3, 0.4) is 0 Å². The summed E-state index contributed by atoms with van der Waals surface area (Å²) >= 11 is 0. The topological polar surface area (TPSA) is 67.2 Å². The van der Waals surface area contributed by atoms with E-state index in [1.807, 2.05) is 6.07 Å². The zero-order chi connectivity index (χ0) is 11.6. The molecule has 5 nitrogen and oxygen atoms in total. The van der Waals surface area contributed by atoms with Crippen molar-refractivity contribution in [2.45, 2.75) is 0 Å². The van der Waals surface area contributed by atoms with Gasteiger partial charge in [0.05, 0.1) is 32.1 Å². The van der Waals surface area contributed by atoms with Gasteiger partial charge < -0.3 is 14.8 Å². The molecule has 0 amide bonds. The van der Waals surface area contributed by atoms with Crippen LogP contribution in [0.2, 0.25) is 0 Å². The molecule has 86 valence electrons. The van der Waals surface area contributed by atoms with Crippen molar-refractivity contribution < 1.29 is 9.47 Å². The average molecular weight is 221 g/mol. The highest BCUT2D eigenvalue weighted by Gasteiger charge is 1.97. The molecule has 0 radical (unpaired) electrons. The number of morpholine rings is 1. The second-order valence-electron chi connectivity index (χ2n) is 3.05. The Kier molecular flexibility index (Phi) is 5.92. The molecule has 0 bridgehead atoms. The molecule has 1 aliphatic heterocycles. The van der Waals surface area contributed by atoms with Gasteiger partial charge in [0.15, 0.2) is 5.75 Å². The lowest BCUT2D eigenvalue weighted by Crippen LogP contribution is -2.30. The van der Waals surface area contributed by atoms with Gasteiger partial charge in [-0.05, 0) is 6.07 Å². The van der Waals surface area contributed by atoms with Crippen molar-refractivity contribution >= 4 is 0 Å². The second-order valence-corrected chi connectivity index (χ2v) is 3.05. The maximum Gasteiger partial charge on any atom is 0.154 e. The first-order chi connectivity index (χ1) is 7.88. The fraction of sp³-hybridized carbons (Fsp3) is 0.455. The summed E-state index contributed by atoms with van der Waals surface area (Å²) in [5.74, 6) is 0.519. The van der Waals surface area contributed by atoms with E-state index in [2.05, 4.69) is 10.3 Å². The van der Waals surface area contributed by atoms with Crippen LogP contribution in [0, 0.1) is 11.3 Å². The van der Waals surface area contributed by atoms with Crippen molar-refractivity contribution in [2.24, 2.45) is 0 Å². The number of nitrogens with zero attached hydrogens (tertiary/aromatic N) is 2. The lowest BCUT2D eigenvalue weighted by atomic mass is 10.3. The van der Waals surface area contributed by atoms with Gasteiger partial charge in [-0.25, -0.2) is 0 Å². The first kappa shape index (κ1) is 12.4. The molecule has 1 aromatic rings. The van der Waals surface area contributed by atoms with E-state index in [1.165, 1.54) is 13.3 Å². The third-order valence-electron chi connectivity index (χ3n) is 1.97. The number of nitrogens with one attached hydrogen (secondary N) is 1. The molecule has 0 atom stereocenters. The van der Waals surface area contributed by atoms with Crippen LogP contribution in [-0.4, -0.2) is 38.4 Å². The van der Waals surface area contributed by atoms with E-state index in [0.29, 0.717) is 11.3 Å². The number of rotatable bonds is 1. The number of methoxy groups -OCH3 is 1. The van der Waals surface area contributed by atoms with Crippen molar-refractivity contribution in [3.8, 4) is 11.8 Å². The van der Waals surface area contributed by atoms with Crippen LogP contribution in [0.1, 0.15) is 5.56 Å². The Balaban J connectivity index is 0.000000181. The Hall–Kier alpha value is -1.64. The van der Waals surface area contributed by atoms with Gasteiger partial charge in [0.25, 0.3) is 0 Å². The molecule has 5 heteroatoms. The fourth-order valence-corrected chi connectivity index (χ4v) is 1.15. The van der Waals surface area contributed by atoms with Crippen LogP contribution < -0.4 is 10.1 Å². The van der Waals surface area contributed by atoms with Gasteiger partial charge in [0.1, 0.15) is 6.07 Å². The number of hydrogen-bond donors (Lipinski definition) is 1. The largest absolute Gasteiger partial charge is 0.494 e. The van der Waals surface area contributed by atoms with Crippen LogP contribution in [0.15, 0.2) is 18.5 Å². The van der Waals surface area contributed by atoms with Crippen molar-refractivity contribution in [1.29, 1.82) is 5.26 Å². The summed E-state index contributed by atoms with van der Waals surface area (Å²) in [5, 5.41) is 11.7. The van der Waals surface area contributed by atoms with E-state index < -0.39 is 0 Å². The quantitative estimate of drug-likeness (QED) is 0.750. The summed E-state index contributed by atoms with van der Waals surface area (Å²) < 4.78 is 9.86. The number of hydrogen-bond acceptors (Lipinski definition) is 5. The highest BCUT2D eigenvalue weighted by Crippen LogP contribution is 2.12. The van der Waals surface area contributed by atoms with Gasteiger partial charge in [-0.1, -0.05) is 0 Å². The number of nitriles is 1. The minimum absolute atomic E-state index is 0.512. The Bertz CT molecular complexity index is 334. The summed E-state index contributed by atoms with van der Waals surface area (Å²) in [5.41, 5.74) is 0.512. The third kappa shape index (κ3) is 4.26. The van der Waals surface area contributed by atoms with Crippen molar-refractivity contribution in [3.05, 3.63) is 24.0 Å². The predicted octanol–water partition coefficient (Wildman–Crippen LogP) is 0.568. The molecule has 16 heavy (non-hydrogen) atoms. The zero-order valence-electron chi connectivity index (χ0n) is 9.27. The number of pyridine rings is 1. The standard InChI is InChI=1S/C7H6N2O.C4H9NO/c1-10-7-5-9-3-2-6(7)4-8;1-3-6-4-2-5-1/h2-3,5H,1H3;5H,1-4H2. The molecule has 0 aromatic carbocycles. The van der Waals surface area contributed by atoms with E-state index in [9.17, 15) is 0 Å². The maximum atomic E-state index is 8.49. The van der Waals surface area contributed by atoms with Crippen LogP contribution in [0.4, 0.5) is 0 Å². The SMILES string of the molecule is C1COCCN1.COc1cnccc1C#N. The molecule has 1 N–H and O–H groups in total. The van der Waals surface area contributed by atoms with Gasteiger partial charge in [-0.2, -0.15) is 5.26 Å². The lowest BCUT2D eigenvalue weighted by molar-refractivity contribution is 0.109. The monoisotopic (exact) mass is 221 g/mol. The van der Waals surface area contributed by atoms with Crippen molar-refractivity contribution in [1.82, 2.24) is 10.3 Å². The maximum absolute atomic E-state index is 8.49. The Morgan fingerprint density at radius 3 is 2.62 bits per heavy atom. The van der Waals surface area contributed by atoms with Gasteiger partial charge in [-0.3, -0.25) is 4.98 Å². The Morgan fingerprint density at radius 1 is 1.50 bits per heavy atom. The summed E-state index contributed by atoms with van der Waals surface area (Å²) in [6.45, 7) is 3.83. The molecule has 0 saturated carbocycles. The minimum Gasteiger partial charge on any atom is -0.494 e. The molecule has 0 spiro atoms. The molecule has 1 saturated heterocycles. The normalized spacial score (nSPS) is 14.2. The van der Waals surface area contributed by atoms with Crippen LogP contribution in [0.25, 0.3) is 0 Å². The number of ether oxygens (including phenoxy) is 2. The summed E-state index contributed by atoms with van der Waals surface area (Å²) in [4.78, 5) is 3.79. The predicted molar refractivity (Wildman–Crippen MR) is 59.2 cm³/mol. The highest BCUT2D eigenvalue weighted by atomic mass is 16.5. The van der Waals surface area contributed by atoms with E-state index in [1.54, 1.807) is 12.3 Å². The highest BCUT2D eigenvalue weighted by molar-refractivity contribution is 5.39. The molecule has 1 aromatic heterocycles. The van der Waals surface area contributed by atoms with Crippen LogP contribution in [0.5, 0.6) is 5.75 Å². The minimum atomic E-state index is 0.512. The zero-order valence-corrected chi connectivity index (χ0v) is 9.27. The van der Waals surface area contributed by atoms with Gasteiger partial charge >= 0.3 is 0 Å². The molecule has 2 heterocycles. The molecule has 1 fully saturated rings. The van der Waals surface area contributed by atoms with Gasteiger partial charge in [0, 0.05) is 19.3 Å². The Labute approximate surface area is 95.0 Å². The van der Waals surface area contributed by atoms with E-state index in [-0.39, 0.29) is 0 Å². The average Bonchev–Trinajstić information content (AvgIpc) is 2.41. The molecule has 2 rings (SSSR count). The smallest absolute Gasteiger partial charge is 0.154 e. The van der Waals surface area contributed by atoms with E-state index in [0.717, 1.165) is 26.3 Å². The fourth-order valence-electron chi connectivity index (χ4n) is 1.15. The van der Waals surface area contributed by atoms with Crippen molar-refractivity contribution in [2.75, 3.05) is 33.4 Å². The first-order valence-electron chi connectivity index (χ1n) is 5.05. The summed E-state index contributed by atoms with van der Waals surface area (Å²) in [6, 6.07) is 3.59. The van der Waals surface area contributed by atoms with E-state index >= 15 is 0 Å². The molecule has 0 unspecified atom stereocenters. The van der Waals surface area contributed by atoms with Crippen LogP contribution >= 0.6 is 0 Å². The second kappa shape index (κ2) is 7.63. The molecule has 0 aliphatic carbocycles. The van der Waals surface area contributed by atoms with Crippen molar-refractivity contribution in [3.63, 3.8) is 0 Å². The van der Waals surface area contributed by atoms with Gasteiger partial charge in [0.2, 0.25) is 0 Å². The first-order valence-corrected chi connectivity index (χ1v) is 5.05. The summed E-state index contributed by atoms with van der Waals surface area (Å²) in [6.07, 6.45) is 3.07. The molecule has 1 aliphatic rings. The number of aromatic nitrogens is 1. The van der Waals surface area contributed by atoms with Crippen LogP contribution in [-0.2, 0) is 4.74 Å². The lowest BCUT2D eigenvalue weighted by Gasteiger charge is -2.10. The summed E-state index contributed by atoms with van der Waals surface area (Å²) in [7, 11) is 1.51.